The molecule has 0 aliphatic rings. The molecule has 17 heavy (non-hydrogen) atoms. The maximum atomic E-state index is 12.8. The topological polar surface area (TPSA) is 82.3 Å². The molecule has 0 aliphatic carbocycles. The van der Waals surface area contributed by atoms with Crippen molar-refractivity contribution in [3.63, 3.8) is 0 Å². The van der Waals surface area contributed by atoms with Crippen LogP contribution in [0.1, 0.15) is 5.56 Å². The van der Waals surface area contributed by atoms with E-state index in [0.717, 1.165) is 6.07 Å². The van der Waals surface area contributed by atoms with Crippen LogP contribution in [0.5, 0.6) is 0 Å². The molecule has 1 rings (SSSR count). The Balaban J connectivity index is 2.76. The van der Waals surface area contributed by atoms with Gasteiger partial charge in [0.25, 0.3) is 0 Å². The second-order valence-electron chi connectivity index (χ2n) is 3.25. The van der Waals surface area contributed by atoms with E-state index in [0.29, 0.717) is 5.69 Å². The number of rotatable bonds is 5. The summed E-state index contributed by atoms with van der Waals surface area (Å²) in [5.74, 6) is -1.63. The van der Waals surface area contributed by atoms with Gasteiger partial charge in [0.15, 0.2) is 6.10 Å². The molecular weight excluding hydrogens is 227 g/mol. The minimum Gasteiger partial charge on any atom is -0.479 e. The van der Waals surface area contributed by atoms with E-state index in [9.17, 15) is 9.18 Å². The predicted molar refractivity (Wildman–Crippen MR) is 58.0 cm³/mol. The van der Waals surface area contributed by atoms with Crippen LogP contribution in [0.25, 0.3) is 0 Å². The van der Waals surface area contributed by atoms with Crippen molar-refractivity contribution in [2.24, 2.45) is 0 Å². The molecule has 0 fully saturated rings. The van der Waals surface area contributed by atoms with Crippen LogP contribution >= 0.6 is 0 Å². The van der Waals surface area contributed by atoms with Crippen molar-refractivity contribution < 1.29 is 19.0 Å². The van der Waals surface area contributed by atoms with Gasteiger partial charge in [-0.05, 0) is 18.2 Å². The first-order chi connectivity index (χ1) is 8.08. The van der Waals surface area contributed by atoms with Gasteiger partial charge in [0.2, 0.25) is 0 Å². The number of aliphatic carboxylic acids is 1. The highest BCUT2D eigenvalue weighted by molar-refractivity contribution is 5.73. The van der Waals surface area contributed by atoms with Crippen molar-refractivity contribution in [2.75, 3.05) is 19.0 Å². The third kappa shape index (κ3) is 3.43. The standard InChI is InChI=1S/C11H11FN2O3/c1-17-10(11(15)16)6-14-9-3-2-8(12)4-7(9)5-13/h2-4,10,14H,6H2,1H3,(H,15,16). The normalized spacial score (nSPS) is 11.6. The van der Waals surface area contributed by atoms with E-state index in [1.54, 1.807) is 0 Å². The number of carbonyl (C=O) groups is 1. The number of nitrogens with one attached hydrogen (secondary N) is 1. The number of hydrogen-bond acceptors (Lipinski definition) is 4. The molecule has 5 nitrogen and oxygen atoms in total. The molecule has 0 saturated heterocycles. The summed E-state index contributed by atoms with van der Waals surface area (Å²) in [7, 11) is 1.27. The molecule has 0 spiro atoms. The molecule has 1 aromatic carbocycles. The zero-order valence-electron chi connectivity index (χ0n) is 9.11. The fraction of sp³-hybridized carbons (Fsp3) is 0.273. The first-order valence-corrected chi connectivity index (χ1v) is 4.77. The van der Waals surface area contributed by atoms with Crippen LogP contribution in [0.4, 0.5) is 10.1 Å². The summed E-state index contributed by atoms with van der Waals surface area (Å²) in [5, 5.41) is 20.2. The Morgan fingerprint density at radius 1 is 1.71 bits per heavy atom. The van der Waals surface area contributed by atoms with Gasteiger partial charge in [-0.3, -0.25) is 0 Å². The fourth-order valence-electron chi connectivity index (χ4n) is 1.24. The van der Waals surface area contributed by atoms with Crippen molar-refractivity contribution >= 4 is 11.7 Å². The summed E-state index contributed by atoms with van der Waals surface area (Å²) in [6.07, 6.45) is -1.02. The van der Waals surface area contributed by atoms with Crippen LogP contribution in [0.15, 0.2) is 18.2 Å². The SMILES string of the molecule is COC(CNc1ccc(F)cc1C#N)C(=O)O. The summed E-state index contributed by atoms with van der Waals surface area (Å²) < 4.78 is 17.5. The second kappa shape index (κ2) is 5.82. The molecule has 90 valence electrons. The molecule has 2 N–H and O–H groups in total. The first kappa shape index (κ1) is 12.9. The molecule has 1 aromatic rings. The minimum absolute atomic E-state index is 0.00779. The second-order valence-corrected chi connectivity index (χ2v) is 3.25. The van der Waals surface area contributed by atoms with E-state index in [2.05, 4.69) is 5.32 Å². The molecule has 1 atom stereocenters. The number of nitrogens with zero attached hydrogens (tertiary/aromatic N) is 1. The third-order valence-electron chi connectivity index (χ3n) is 2.14. The largest absolute Gasteiger partial charge is 0.479 e. The highest BCUT2D eigenvalue weighted by Gasteiger charge is 2.16. The fourth-order valence-corrected chi connectivity index (χ4v) is 1.24. The lowest BCUT2D eigenvalue weighted by molar-refractivity contribution is -0.147. The number of hydrogen-bond donors (Lipinski definition) is 2. The molecule has 0 heterocycles. The van der Waals surface area contributed by atoms with E-state index in [4.69, 9.17) is 15.1 Å². The Morgan fingerprint density at radius 3 is 2.94 bits per heavy atom. The lowest BCUT2D eigenvalue weighted by Crippen LogP contribution is -2.30. The maximum Gasteiger partial charge on any atom is 0.334 e. The monoisotopic (exact) mass is 238 g/mol. The van der Waals surface area contributed by atoms with Gasteiger partial charge in [-0.2, -0.15) is 5.26 Å². The summed E-state index contributed by atoms with van der Waals surface area (Å²) in [6.45, 7) is -0.00779. The van der Waals surface area contributed by atoms with Crippen molar-refractivity contribution in [3.8, 4) is 6.07 Å². The van der Waals surface area contributed by atoms with Crippen molar-refractivity contribution in [1.82, 2.24) is 0 Å². The Kier molecular flexibility index (Phi) is 4.43. The number of nitriles is 1. The molecule has 6 heteroatoms. The zero-order valence-corrected chi connectivity index (χ0v) is 9.11. The summed E-state index contributed by atoms with van der Waals surface area (Å²) >= 11 is 0. The molecular formula is C11H11FN2O3. The summed E-state index contributed by atoms with van der Waals surface area (Å²) in [5.41, 5.74) is 0.488. The smallest absolute Gasteiger partial charge is 0.334 e. The molecule has 0 bridgehead atoms. The molecule has 0 radical (unpaired) electrons. The molecule has 1 unspecified atom stereocenters. The Bertz CT molecular complexity index is 457. The number of carboxylic acid groups (broad SMARTS) is 1. The van der Waals surface area contributed by atoms with Crippen LogP contribution in [0.3, 0.4) is 0 Å². The van der Waals surface area contributed by atoms with Crippen molar-refractivity contribution in [1.29, 1.82) is 5.26 Å². The van der Waals surface area contributed by atoms with Crippen molar-refractivity contribution in [3.05, 3.63) is 29.6 Å². The highest BCUT2D eigenvalue weighted by atomic mass is 19.1. The number of carboxylic acids is 1. The molecule has 0 amide bonds. The molecule has 0 saturated carbocycles. The van der Waals surface area contributed by atoms with E-state index >= 15 is 0 Å². The molecule has 0 aliphatic heterocycles. The van der Waals surface area contributed by atoms with Gasteiger partial charge in [-0.25, -0.2) is 9.18 Å². The van der Waals surface area contributed by atoms with E-state index in [1.165, 1.54) is 19.2 Å². The lowest BCUT2D eigenvalue weighted by Gasteiger charge is -2.13. The van der Waals surface area contributed by atoms with Crippen LogP contribution in [0, 0.1) is 17.1 Å². The average molecular weight is 238 g/mol. The van der Waals surface area contributed by atoms with Crippen LogP contribution in [-0.2, 0) is 9.53 Å². The van der Waals surface area contributed by atoms with Gasteiger partial charge >= 0.3 is 5.97 Å². The van der Waals surface area contributed by atoms with Crippen LogP contribution in [-0.4, -0.2) is 30.8 Å². The van der Waals surface area contributed by atoms with Gasteiger partial charge in [-0.15, -0.1) is 0 Å². The minimum atomic E-state index is -1.11. The Hall–Kier alpha value is -2.13. The summed E-state index contributed by atoms with van der Waals surface area (Å²) in [6, 6.07) is 5.45. The van der Waals surface area contributed by atoms with Gasteiger partial charge in [0.1, 0.15) is 11.9 Å². The van der Waals surface area contributed by atoms with E-state index in [1.807, 2.05) is 6.07 Å². The first-order valence-electron chi connectivity index (χ1n) is 4.77. The lowest BCUT2D eigenvalue weighted by atomic mass is 10.2. The van der Waals surface area contributed by atoms with Gasteiger partial charge in [-0.1, -0.05) is 0 Å². The third-order valence-corrected chi connectivity index (χ3v) is 2.14. The van der Waals surface area contributed by atoms with E-state index < -0.39 is 17.9 Å². The van der Waals surface area contributed by atoms with E-state index in [-0.39, 0.29) is 12.1 Å². The zero-order chi connectivity index (χ0) is 12.8. The summed E-state index contributed by atoms with van der Waals surface area (Å²) in [4.78, 5) is 10.7. The van der Waals surface area contributed by atoms with Crippen molar-refractivity contribution in [2.45, 2.75) is 6.10 Å². The number of anilines is 1. The van der Waals surface area contributed by atoms with Gasteiger partial charge in [0, 0.05) is 7.11 Å². The number of ether oxygens (including phenoxy) is 1. The number of benzene rings is 1. The van der Waals surface area contributed by atoms with Gasteiger partial charge < -0.3 is 15.2 Å². The number of halogens is 1. The predicted octanol–water partition coefficient (Wildman–Crippen LogP) is 1.21. The Labute approximate surface area is 97.4 Å². The quantitative estimate of drug-likeness (QED) is 0.805. The maximum absolute atomic E-state index is 12.8. The van der Waals surface area contributed by atoms with Crippen LogP contribution < -0.4 is 5.32 Å². The number of methoxy groups -OCH3 is 1. The Morgan fingerprint density at radius 2 is 2.41 bits per heavy atom. The average Bonchev–Trinajstić information content (AvgIpc) is 2.31. The highest BCUT2D eigenvalue weighted by Crippen LogP contribution is 2.15. The molecule has 0 aromatic heterocycles. The van der Waals surface area contributed by atoms with Gasteiger partial charge in [0.05, 0.1) is 17.8 Å². The van der Waals surface area contributed by atoms with Crippen LogP contribution in [0.2, 0.25) is 0 Å².